The Morgan fingerprint density at radius 1 is 0.239 bits per heavy atom. The molecule has 6 heteroatoms. The maximum atomic E-state index is 12.7. The minimum atomic E-state index is -0.759. The van der Waals surface area contributed by atoms with Gasteiger partial charge in [0.1, 0.15) is 13.2 Å². The van der Waals surface area contributed by atoms with Gasteiger partial charge in [0.25, 0.3) is 0 Å². The van der Waals surface area contributed by atoms with Crippen molar-refractivity contribution in [3.05, 3.63) is 0 Å². The van der Waals surface area contributed by atoms with Crippen LogP contribution in [0.3, 0.4) is 0 Å². The van der Waals surface area contributed by atoms with Crippen molar-refractivity contribution in [3.8, 4) is 0 Å². The quantitative estimate of drug-likeness (QED) is 0.0343. The molecule has 1 atom stereocenters. The van der Waals surface area contributed by atoms with E-state index in [1.54, 1.807) is 0 Å². The number of ether oxygens (including phenoxy) is 3. The summed E-state index contributed by atoms with van der Waals surface area (Å²) in [7, 11) is 0. The van der Waals surface area contributed by atoms with Gasteiger partial charge in [0.15, 0.2) is 6.10 Å². The van der Waals surface area contributed by atoms with Crippen LogP contribution in [0.4, 0.5) is 0 Å². The Morgan fingerprint density at radius 3 is 0.597 bits per heavy atom. The second-order valence-electron chi connectivity index (χ2n) is 21.0. The molecule has 67 heavy (non-hydrogen) atoms. The van der Waals surface area contributed by atoms with Gasteiger partial charge in [-0.3, -0.25) is 14.4 Å². The lowest BCUT2D eigenvalue weighted by Gasteiger charge is -2.18. The molecule has 0 amide bonds. The van der Waals surface area contributed by atoms with Gasteiger partial charge in [-0.2, -0.15) is 0 Å². The third kappa shape index (κ3) is 55.2. The third-order valence-electron chi connectivity index (χ3n) is 14.1. The Morgan fingerprint density at radius 2 is 0.403 bits per heavy atom. The SMILES string of the molecule is CCCCCCCCCCCCCCCCCCCCCCCCCCCCCCCCCCC(=O)OCC(COC(=O)CCCCCCCCCC)OC(=O)CCCCCCCCCCC. The van der Waals surface area contributed by atoms with E-state index in [0.717, 1.165) is 57.8 Å². The van der Waals surface area contributed by atoms with E-state index in [9.17, 15) is 14.4 Å². The standard InChI is InChI=1S/C61H118O6/c1-4-7-10-13-16-19-20-21-22-23-24-25-26-27-28-29-30-31-32-33-34-35-36-37-38-39-40-41-43-45-48-51-54-60(63)66-57-58(56-65-59(62)53-50-47-44-18-15-12-9-6-3)67-61(64)55-52-49-46-42-17-14-11-8-5-2/h58H,4-57H2,1-3H3. The summed E-state index contributed by atoms with van der Waals surface area (Å²) in [6.45, 7) is 6.64. The van der Waals surface area contributed by atoms with Crippen LogP contribution in [0, 0.1) is 0 Å². The van der Waals surface area contributed by atoms with Crippen LogP contribution in [0.1, 0.15) is 355 Å². The van der Waals surface area contributed by atoms with E-state index in [-0.39, 0.29) is 31.1 Å². The van der Waals surface area contributed by atoms with E-state index >= 15 is 0 Å². The number of hydrogen-bond donors (Lipinski definition) is 0. The summed E-state index contributed by atoms with van der Waals surface area (Å²) in [5.74, 6) is -0.848. The molecule has 0 fully saturated rings. The van der Waals surface area contributed by atoms with Crippen LogP contribution in [0.2, 0.25) is 0 Å². The van der Waals surface area contributed by atoms with Gasteiger partial charge < -0.3 is 14.2 Å². The molecule has 0 saturated carbocycles. The highest BCUT2D eigenvalue weighted by atomic mass is 16.6. The molecule has 0 N–H and O–H groups in total. The number of carbonyl (C=O) groups excluding carboxylic acids is 3. The van der Waals surface area contributed by atoms with E-state index in [2.05, 4.69) is 20.8 Å². The lowest BCUT2D eigenvalue weighted by atomic mass is 10.0. The molecule has 0 aromatic heterocycles. The van der Waals surface area contributed by atoms with Crippen LogP contribution >= 0.6 is 0 Å². The minimum Gasteiger partial charge on any atom is -0.462 e. The first-order valence-corrected chi connectivity index (χ1v) is 30.5. The van der Waals surface area contributed by atoms with Gasteiger partial charge in [-0.15, -0.1) is 0 Å². The van der Waals surface area contributed by atoms with Gasteiger partial charge in [-0.1, -0.05) is 316 Å². The van der Waals surface area contributed by atoms with Crippen molar-refractivity contribution in [2.45, 2.75) is 361 Å². The van der Waals surface area contributed by atoms with E-state index in [4.69, 9.17) is 14.2 Å². The summed E-state index contributed by atoms with van der Waals surface area (Å²) in [6, 6.07) is 0. The fourth-order valence-corrected chi connectivity index (χ4v) is 9.51. The molecule has 0 aliphatic heterocycles. The van der Waals surface area contributed by atoms with Gasteiger partial charge >= 0.3 is 17.9 Å². The molecular weight excluding hydrogens is 829 g/mol. The van der Waals surface area contributed by atoms with Crippen molar-refractivity contribution in [1.29, 1.82) is 0 Å². The number of rotatable bonds is 57. The molecule has 0 spiro atoms. The maximum absolute atomic E-state index is 12.7. The van der Waals surface area contributed by atoms with Crippen LogP contribution in [0.5, 0.6) is 0 Å². The van der Waals surface area contributed by atoms with E-state index in [1.807, 2.05) is 0 Å². The first-order chi connectivity index (χ1) is 33.0. The smallest absolute Gasteiger partial charge is 0.306 e. The summed E-state index contributed by atoms with van der Waals surface area (Å²) in [6.07, 6.45) is 64.5. The van der Waals surface area contributed by atoms with Crippen molar-refractivity contribution < 1.29 is 28.6 Å². The Kier molecular flexibility index (Phi) is 55.6. The van der Waals surface area contributed by atoms with Crippen molar-refractivity contribution in [1.82, 2.24) is 0 Å². The average Bonchev–Trinajstić information content (AvgIpc) is 3.33. The minimum absolute atomic E-state index is 0.0625. The molecular formula is C61H118O6. The van der Waals surface area contributed by atoms with Crippen LogP contribution in [0.15, 0.2) is 0 Å². The molecule has 0 heterocycles. The lowest BCUT2D eigenvalue weighted by molar-refractivity contribution is -0.167. The topological polar surface area (TPSA) is 78.9 Å². The van der Waals surface area contributed by atoms with Crippen molar-refractivity contribution in [2.75, 3.05) is 13.2 Å². The van der Waals surface area contributed by atoms with Crippen LogP contribution in [0.25, 0.3) is 0 Å². The molecule has 0 aromatic carbocycles. The summed E-state index contributed by atoms with van der Waals surface area (Å²) in [5, 5.41) is 0. The van der Waals surface area contributed by atoms with Gasteiger partial charge in [0, 0.05) is 19.3 Å². The Hall–Kier alpha value is -1.59. The highest BCUT2D eigenvalue weighted by Crippen LogP contribution is 2.18. The van der Waals surface area contributed by atoms with Crippen molar-refractivity contribution in [2.24, 2.45) is 0 Å². The maximum Gasteiger partial charge on any atom is 0.306 e. The number of carbonyl (C=O) groups is 3. The molecule has 1 unspecified atom stereocenters. The third-order valence-corrected chi connectivity index (χ3v) is 14.1. The average molecular weight is 948 g/mol. The van der Waals surface area contributed by atoms with Gasteiger partial charge in [0.05, 0.1) is 0 Å². The Balaban J connectivity index is 3.84. The zero-order valence-electron chi connectivity index (χ0n) is 45.7. The zero-order valence-corrected chi connectivity index (χ0v) is 45.7. The fraction of sp³-hybridized carbons (Fsp3) is 0.951. The van der Waals surface area contributed by atoms with Crippen molar-refractivity contribution in [3.63, 3.8) is 0 Å². The normalized spacial score (nSPS) is 11.9. The van der Waals surface area contributed by atoms with Crippen LogP contribution < -0.4 is 0 Å². The zero-order chi connectivity index (χ0) is 48.6. The summed E-state index contributed by atoms with van der Waals surface area (Å²) in [5.41, 5.74) is 0. The monoisotopic (exact) mass is 947 g/mol. The second-order valence-corrected chi connectivity index (χ2v) is 21.0. The molecule has 6 nitrogen and oxygen atoms in total. The second kappa shape index (κ2) is 57.0. The molecule has 0 aliphatic carbocycles. The fourth-order valence-electron chi connectivity index (χ4n) is 9.51. The Bertz CT molecular complexity index is 998. The predicted molar refractivity (Wildman–Crippen MR) is 289 cm³/mol. The highest BCUT2D eigenvalue weighted by Gasteiger charge is 2.19. The highest BCUT2D eigenvalue weighted by molar-refractivity contribution is 5.71. The molecule has 0 radical (unpaired) electrons. The molecule has 0 bridgehead atoms. The lowest BCUT2D eigenvalue weighted by Crippen LogP contribution is -2.30. The van der Waals surface area contributed by atoms with E-state index in [0.29, 0.717) is 19.3 Å². The van der Waals surface area contributed by atoms with Crippen molar-refractivity contribution >= 4 is 17.9 Å². The van der Waals surface area contributed by atoms with Gasteiger partial charge in [-0.05, 0) is 19.3 Å². The number of esters is 3. The number of hydrogen-bond acceptors (Lipinski definition) is 6. The van der Waals surface area contributed by atoms with Gasteiger partial charge in [0.2, 0.25) is 0 Å². The predicted octanol–water partition coefficient (Wildman–Crippen LogP) is 20.3. The first-order valence-electron chi connectivity index (χ1n) is 30.5. The summed E-state index contributed by atoms with van der Waals surface area (Å²) < 4.78 is 16.8. The first kappa shape index (κ1) is 65.4. The molecule has 0 aromatic rings. The van der Waals surface area contributed by atoms with Crippen LogP contribution in [-0.4, -0.2) is 37.2 Å². The Labute approximate surface area is 418 Å². The summed E-state index contributed by atoms with van der Waals surface area (Å²) in [4.78, 5) is 37.8. The largest absolute Gasteiger partial charge is 0.462 e. The molecule has 0 rings (SSSR count). The molecule has 0 aliphatic rings. The summed E-state index contributed by atoms with van der Waals surface area (Å²) >= 11 is 0. The number of unbranched alkanes of at least 4 members (excludes halogenated alkanes) is 46. The van der Waals surface area contributed by atoms with E-state index < -0.39 is 6.10 Å². The molecule has 398 valence electrons. The van der Waals surface area contributed by atoms with E-state index in [1.165, 1.54) is 257 Å². The molecule has 0 saturated heterocycles. The van der Waals surface area contributed by atoms with Crippen LogP contribution in [-0.2, 0) is 28.6 Å². The van der Waals surface area contributed by atoms with Gasteiger partial charge in [-0.25, -0.2) is 0 Å².